The molecule has 1 aromatic carbocycles. The summed E-state index contributed by atoms with van der Waals surface area (Å²) in [6.07, 6.45) is 0.803. The lowest BCUT2D eigenvalue weighted by molar-refractivity contribution is 0.102. The summed E-state index contributed by atoms with van der Waals surface area (Å²) in [7, 11) is 3.06. The van der Waals surface area contributed by atoms with Crippen molar-refractivity contribution in [3.8, 4) is 17.6 Å². The monoisotopic (exact) mass is 343 g/mol. The van der Waals surface area contributed by atoms with Gasteiger partial charge in [0.15, 0.2) is 0 Å². The zero-order chi connectivity index (χ0) is 17.1. The number of rotatable bonds is 4. The molecule has 6 nitrogen and oxygen atoms in total. The van der Waals surface area contributed by atoms with Gasteiger partial charge in [0.1, 0.15) is 22.6 Å². The summed E-state index contributed by atoms with van der Waals surface area (Å²) < 4.78 is 10.4. The number of methoxy groups -OCH3 is 2. The van der Waals surface area contributed by atoms with E-state index in [-0.39, 0.29) is 5.91 Å². The molecule has 0 aliphatic carbocycles. The van der Waals surface area contributed by atoms with Gasteiger partial charge in [-0.05, 0) is 30.7 Å². The first-order valence-corrected chi connectivity index (χ1v) is 8.27. The number of fused-ring (bicyclic) bond motifs is 1. The Bertz CT molecular complexity index is 801. The Morgan fingerprint density at radius 1 is 1.29 bits per heavy atom. The summed E-state index contributed by atoms with van der Waals surface area (Å²) in [5.74, 6) is 0.777. The van der Waals surface area contributed by atoms with Crippen LogP contribution in [0.15, 0.2) is 18.2 Å². The summed E-state index contributed by atoms with van der Waals surface area (Å²) in [5.41, 5.74) is 2.03. The highest BCUT2D eigenvalue weighted by molar-refractivity contribution is 7.16. The molecular formula is C17H17N3O3S. The summed E-state index contributed by atoms with van der Waals surface area (Å²) in [6, 6.07) is 7.20. The van der Waals surface area contributed by atoms with E-state index in [1.54, 1.807) is 18.2 Å². The fourth-order valence-corrected chi connectivity index (χ4v) is 3.82. The Labute approximate surface area is 144 Å². The van der Waals surface area contributed by atoms with Crippen LogP contribution in [0.3, 0.4) is 0 Å². The van der Waals surface area contributed by atoms with E-state index in [0.717, 1.165) is 30.0 Å². The molecule has 0 spiro atoms. The number of hydrogen-bond donors (Lipinski definition) is 2. The molecule has 0 saturated carbocycles. The molecule has 3 rings (SSSR count). The highest BCUT2D eigenvalue weighted by Gasteiger charge is 2.22. The maximum absolute atomic E-state index is 12.6. The molecule has 1 aliphatic rings. The van der Waals surface area contributed by atoms with Crippen LogP contribution in [0.2, 0.25) is 0 Å². The van der Waals surface area contributed by atoms with Crippen LogP contribution < -0.4 is 20.1 Å². The molecule has 0 radical (unpaired) electrons. The van der Waals surface area contributed by atoms with Gasteiger partial charge in [0.05, 0.1) is 19.8 Å². The van der Waals surface area contributed by atoms with E-state index in [9.17, 15) is 10.1 Å². The number of amides is 1. The third kappa shape index (κ3) is 3.07. The average Bonchev–Trinajstić information content (AvgIpc) is 2.97. The second-order valence-electron chi connectivity index (χ2n) is 5.30. The van der Waals surface area contributed by atoms with E-state index in [1.807, 2.05) is 0 Å². The van der Waals surface area contributed by atoms with Gasteiger partial charge in [0.2, 0.25) is 0 Å². The highest BCUT2D eigenvalue weighted by atomic mass is 32.1. The van der Waals surface area contributed by atoms with Crippen LogP contribution in [0.1, 0.15) is 26.4 Å². The van der Waals surface area contributed by atoms with Gasteiger partial charge in [0, 0.05) is 23.1 Å². The van der Waals surface area contributed by atoms with Crippen LogP contribution in [0.4, 0.5) is 5.00 Å². The van der Waals surface area contributed by atoms with Gasteiger partial charge in [-0.15, -0.1) is 11.3 Å². The second kappa shape index (κ2) is 6.91. The number of carbonyl (C=O) groups is 1. The first-order chi connectivity index (χ1) is 11.7. The van der Waals surface area contributed by atoms with Gasteiger partial charge in [-0.1, -0.05) is 0 Å². The van der Waals surface area contributed by atoms with Crippen LogP contribution in [0.5, 0.6) is 11.5 Å². The number of benzene rings is 1. The maximum Gasteiger partial charge on any atom is 0.256 e. The van der Waals surface area contributed by atoms with Crippen molar-refractivity contribution in [2.75, 3.05) is 26.1 Å². The van der Waals surface area contributed by atoms with Crippen molar-refractivity contribution in [1.29, 1.82) is 5.26 Å². The van der Waals surface area contributed by atoms with Crippen molar-refractivity contribution >= 4 is 22.2 Å². The van der Waals surface area contributed by atoms with Gasteiger partial charge < -0.3 is 20.1 Å². The Morgan fingerprint density at radius 2 is 2.00 bits per heavy atom. The van der Waals surface area contributed by atoms with E-state index >= 15 is 0 Å². The Balaban J connectivity index is 1.90. The largest absolute Gasteiger partial charge is 0.497 e. The van der Waals surface area contributed by atoms with E-state index in [2.05, 4.69) is 16.7 Å². The molecule has 0 unspecified atom stereocenters. The quantitative estimate of drug-likeness (QED) is 0.891. The number of nitrogens with zero attached hydrogens (tertiary/aromatic N) is 1. The molecule has 7 heteroatoms. The summed E-state index contributed by atoms with van der Waals surface area (Å²) in [4.78, 5) is 13.7. The van der Waals surface area contributed by atoms with Gasteiger partial charge in [-0.2, -0.15) is 5.26 Å². The number of anilines is 1. The molecule has 0 saturated heterocycles. The zero-order valence-electron chi connectivity index (χ0n) is 13.4. The van der Waals surface area contributed by atoms with Crippen molar-refractivity contribution in [3.63, 3.8) is 0 Å². The van der Waals surface area contributed by atoms with Gasteiger partial charge in [0.25, 0.3) is 5.91 Å². The third-order valence-corrected chi connectivity index (χ3v) is 5.03. The number of hydrogen-bond acceptors (Lipinski definition) is 6. The molecule has 24 heavy (non-hydrogen) atoms. The van der Waals surface area contributed by atoms with E-state index in [4.69, 9.17) is 9.47 Å². The zero-order valence-corrected chi connectivity index (χ0v) is 14.3. The SMILES string of the molecule is COc1cc(OC)cc(C(=O)Nc2sc3c(c2C#N)CCNC3)c1. The van der Waals surface area contributed by atoms with Gasteiger partial charge in [-0.3, -0.25) is 4.79 Å². The van der Waals surface area contributed by atoms with Crippen molar-refractivity contribution in [2.45, 2.75) is 13.0 Å². The molecule has 2 N–H and O–H groups in total. The van der Waals surface area contributed by atoms with Crippen LogP contribution in [-0.4, -0.2) is 26.7 Å². The molecule has 0 bridgehead atoms. The van der Waals surface area contributed by atoms with Crippen molar-refractivity contribution in [2.24, 2.45) is 0 Å². The third-order valence-electron chi connectivity index (χ3n) is 3.88. The predicted molar refractivity (Wildman–Crippen MR) is 91.9 cm³/mol. The van der Waals surface area contributed by atoms with E-state index < -0.39 is 0 Å². The van der Waals surface area contributed by atoms with E-state index in [0.29, 0.717) is 27.6 Å². The van der Waals surface area contributed by atoms with Crippen LogP contribution in [0.25, 0.3) is 0 Å². The minimum absolute atomic E-state index is 0.296. The first-order valence-electron chi connectivity index (χ1n) is 7.46. The maximum atomic E-state index is 12.6. The summed E-state index contributed by atoms with van der Waals surface area (Å²) in [5, 5.41) is 16.2. The summed E-state index contributed by atoms with van der Waals surface area (Å²) >= 11 is 1.45. The van der Waals surface area contributed by atoms with Crippen molar-refractivity contribution in [1.82, 2.24) is 5.32 Å². The molecule has 0 atom stereocenters. The van der Waals surface area contributed by atoms with Crippen LogP contribution >= 0.6 is 11.3 Å². The van der Waals surface area contributed by atoms with Crippen molar-refractivity contribution in [3.05, 3.63) is 39.8 Å². The van der Waals surface area contributed by atoms with Crippen molar-refractivity contribution < 1.29 is 14.3 Å². The lowest BCUT2D eigenvalue weighted by Crippen LogP contribution is -2.22. The molecule has 1 amide bonds. The topological polar surface area (TPSA) is 83.4 Å². The fourth-order valence-electron chi connectivity index (χ4n) is 2.65. The van der Waals surface area contributed by atoms with Gasteiger partial charge in [-0.25, -0.2) is 0 Å². The Morgan fingerprint density at radius 3 is 2.62 bits per heavy atom. The fraction of sp³-hybridized carbons (Fsp3) is 0.294. The molecule has 124 valence electrons. The smallest absolute Gasteiger partial charge is 0.256 e. The molecule has 1 aliphatic heterocycles. The Kier molecular flexibility index (Phi) is 4.69. The lowest BCUT2D eigenvalue weighted by atomic mass is 10.0. The standard InChI is InChI=1S/C17H17N3O3S/c1-22-11-5-10(6-12(7-11)23-2)16(21)20-17-14(8-18)13-3-4-19-9-15(13)24-17/h5-7,19H,3-4,9H2,1-2H3,(H,20,21). The minimum atomic E-state index is -0.296. The molecular weight excluding hydrogens is 326 g/mol. The Hall–Kier alpha value is -2.56. The number of thiophene rings is 1. The van der Waals surface area contributed by atoms with E-state index in [1.165, 1.54) is 25.6 Å². The molecule has 1 aromatic heterocycles. The van der Waals surface area contributed by atoms with Crippen LogP contribution in [0, 0.1) is 11.3 Å². The highest BCUT2D eigenvalue weighted by Crippen LogP contribution is 2.35. The molecule has 2 heterocycles. The van der Waals surface area contributed by atoms with Crippen LogP contribution in [-0.2, 0) is 13.0 Å². The van der Waals surface area contributed by atoms with Gasteiger partial charge >= 0.3 is 0 Å². The number of nitrogens with one attached hydrogen (secondary N) is 2. The summed E-state index contributed by atoms with van der Waals surface area (Å²) in [6.45, 7) is 1.58. The molecule has 0 fully saturated rings. The second-order valence-corrected chi connectivity index (χ2v) is 6.41. The normalized spacial score (nSPS) is 12.9. The molecule has 2 aromatic rings. The lowest BCUT2D eigenvalue weighted by Gasteiger charge is -2.11. The number of nitriles is 1. The first kappa shape index (κ1) is 16.3. The predicted octanol–water partition coefficient (Wildman–Crippen LogP) is 2.53. The minimum Gasteiger partial charge on any atom is -0.497 e. The number of carbonyl (C=O) groups excluding carboxylic acids is 1. The number of ether oxygens (including phenoxy) is 2. The average molecular weight is 343 g/mol.